The highest BCUT2D eigenvalue weighted by atomic mass is 16.1. The molecule has 1 saturated heterocycles. The number of nitrogens with one attached hydrogen (secondary N) is 1. The first-order valence-electron chi connectivity index (χ1n) is 11.7. The first kappa shape index (κ1) is 20.7. The Balaban J connectivity index is 1.10. The van der Waals surface area contributed by atoms with E-state index < -0.39 is 0 Å². The molecule has 0 spiro atoms. The van der Waals surface area contributed by atoms with Crippen molar-refractivity contribution in [2.75, 3.05) is 23.7 Å². The van der Waals surface area contributed by atoms with Crippen LogP contribution in [0.4, 0.5) is 11.6 Å². The van der Waals surface area contributed by atoms with E-state index in [1.807, 2.05) is 19.1 Å². The maximum Gasteiger partial charge on any atom is 0.254 e. The number of anilines is 2. The molecule has 9 nitrogen and oxygen atoms in total. The van der Waals surface area contributed by atoms with E-state index in [1.54, 1.807) is 23.3 Å². The Labute approximate surface area is 197 Å². The Hall–Kier alpha value is -3.93. The van der Waals surface area contributed by atoms with Crippen LogP contribution < -0.4 is 16.0 Å². The number of rotatable bonds is 5. The minimum Gasteiger partial charge on any atom is -0.383 e. The Bertz CT molecular complexity index is 1310. The van der Waals surface area contributed by atoms with Crippen molar-refractivity contribution >= 4 is 17.5 Å². The number of nitrogens with two attached hydrogens (primary N) is 1. The summed E-state index contributed by atoms with van der Waals surface area (Å²) in [6, 6.07) is 8.40. The SMILES string of the molecule is Cc1nc(N2CC3C(C#N)C3C2)ccc1Cn1cc(C(=O)N[C@@H]2CCc3c2ccnc3N)cn1. The quantitative estimate of drug-likeness (QED) is 0.605. The fraction of sp³-hybridized carbons (Fsp3) is 0.400. The van der Waals surface area contributed by atoms with Crippen LogP contribution in [0.1, 0.15) is 45.2 Å². The lowest BCUT2D eigenvalue weighted by Gasteiger charge is -2.21. The summed E-state index contributed by atoms with van der Waals surface area (Å²) in [5.74, 6) is 2.62. The van der Waals surface area contributed by atoms with Crippen LogP contribution in [0, 0.1) is 36.0 Å². The number of fused-ring (bicyclic) bond motifs is 2. The van der Waals surface area contributed by atoms with E-state index in [0.29, 0.717) is 29.8 Å². The lowest BCUT2D eigenvalue weighted by atomic mass is 10.1. The van der Waals surface area contributed by atoms with Gasteiger partial charge in [-0.1, -0.05) is 6.07 Å². The largest absolute Gasteiger partial charge is 0.383 e. The molecule has 6 rings (SSSR count). The van der Waals surface area contributed by atoms with Crippen molar-refractivity contribution in [3.63, 3.8) is 0 Å². The van der Waals surface area contributed by atoms with Crippen LogP contribution in [0.3, 0.4) is 0 Å². The number of amides is 1. The second-order valence-electron chi connectivity index (χ2n) is 9.56. The zero-order chi connectivity index (χ0) is 23.4. The molecule has 3 aromatic heterocycles. The summed E-state index contributed by atoms with van der Waals surface area (Å²) < 4.78 is 1.77. The van der Waals surface area contributed by atoms with Crippen molar-refractivity contribution < 1.29 is 4.79 Å². The summed E-state index contributed by atoms with van der Waals surface area (Å²) in [5.41, 5.74) is 10.6. The van der Waals surface area contributed by atoms with Crippen LogP contribution in [0.5, 0.6) is 0 Å². The molecule has 4 heterocycles. The molecule has 3 N–H and O–H groups in total. The number of aryl methyl sites for hydroxylation is 1. The first-order valence-corrected chi connectivity index (χ1v) is 11.7. The molecule has 3 aliphatic rings. The molecule has 172 valence electrons. The molecule has 0 aromatic carbocycles. The van der Waals surface area contributed by atoms with Gasteiger partial charge in [-0.25, -0.2) is 9.97 Å². The van der Waals surface area contributed by atoms with Gasteiger partial charge in [0.05, 0.1) is 36.3 Å². The Morgan fingerprint density at radius 3 is 2.88 bits per heavy atom. The van der Waals surface area contributed by atoms with Gasteiger partial charge < -0.3 is 16.0 Å². The molecule has 2 unspecified atom stereocenters. The van der Waals surface area contributed by atoms with Gasteiger partial charge in [0.15, 0.2) is 0 Å². The molecule has 2 aliphatic carbocycles. The van der Waals surface area contributed by atoms with Gasteiger partial charge in [0.25, 0.3) is 5.91 Å². The second-order valence-corrected chi connectivity index (χ2v) is 9.56. The molecular formula is C25H26N8O. The van der Waals surface area contributed by atoms with Gasteiger partial charge in [-0.3, -0.25) is 9.48 Å². The third kappa shape index (κ3) is 3.46. The van der Waals surface area contributed by atoms with Gasteiger partial charge >= 0.3 is 0 Å². The molecule has 1 amide bonds. The maximum atomic E-state index is 12.8. The number of nitriles is 1. The Morgan fingerprint density at radius 2 is 2.12 bits per heavy atom. The topological polar surface area (TPSA) is 126 Å². The molecule has 0 radical (unpaired) electrons. The van der Waals surface area contributed by atoms with Crippen molar-refractivity contribution in [1.29, 1.82) is 5.26 Å². The monoisotopic (exact) mass is 454 g/mol. The number of carbonyl (C=O) groups is 1. The normalized spacial score (nSPS) is 24.4. The first-order chi connectivity index (χ1) is 16.5. The van der Waals surface area contributed by atoms with Crippen molar-refractivity contribution in [2.24, 2.45) is 17.8 Å². The summed E-state index contributed by atoms with van der Waals surface area (Å²) in [6.45, 7) is 4.38. The Kier molecular flexibility index (Phi) is 4.76. The predicted octanol–water partition coefficient (Wildman–Crippen LogP) is 2.24. The van der Waals surface area contributed by atoms with Gasteiger partial charge in [-0.05, 0) is 60.4 Å². The Morgan fingerprint density at radius 1 is 1.29 bits per heavy atom. The van der Waals surface area contributed by atoms with Crippen LogP contribution in [0.25, 0.3) is 0 Å². The highest BCUT2D eigenvalue weighted by Gasteiger charge is 2.56. The van der Waals surface area contributed by atoms with Crippen LogP contribution >= 0.6 is 0 Å². The van der Waals surface area contributed by atoms with E-state index in [9.17, 15) is 4.79 Å². The van der Waals surface area contributed by atoms with Gasteiger partial charge in [0, 0.05) is 31.2 Å². The molecule has 1 saturated carbocycles. The van der Waals surface area contributed by atoms with Crippen LogP contribution in [0.15, 0.2) is 36.8 Å². The molecule has 0 bridgehead atoms. The van der Waals surface area contributed by atoms with Gasteiger partial charge in [0.2, 0.25) is 0 Å². The van der Waals surface area contributed by atoms with Gasteiger partial charge in [-0.2, -0.15) is 10.4 Å². The smallest absolute Gasteiger partial charge is 0.254 e. The number of pyridine rings is 2. The van der Waals surface area contributed by atoms with Crippen LogP contribution in [-0.4, -0.2) is 38.7 Å². The highest BCUT2D eigenvalue weighted by Crippen LogP contribution is 2.51. The second kappa shape index (κ2) is 7.83. The number of aromatic nitrogens is 4. The molecule has 9 heteroatoms. The lowest BCUT2D eigenvalue weighted by molar-refractivity contribution is 0.0936. The zero-order valence-electron chi connectivity index (χ0n) is 19.0. The number of piperidine rings is 1. The van der Waals surface area contributed by atoms with E-state index in [1.165, 1.54) is 0 Å². The van der Waals surface area contributed by atoms with E-state index in [0.717, 1.165) is 54.1 Å². The lowest BCUT2D eigenvalue weighted by Crippen LogP contribution is -2.26. The summed E-state index contributed by atoms with van der Waals surface area (Å²) in [6.07, 6.45) is 6.70. The van der Waals surface area contributed by atoms with Gasteiger partial charge in [0.1, 0.15) is 11.6 Å². The summed E-state index contributed by atoms with van der Waals surface area (Å²) >= 11 is 0. The number of hydrogen-bond acceptors (Lipinski definition) is 7. The summed E-state index contributed by atoms with van der Waals surface area (Å²) in [5, 5.41) is 16.6. The minimum absolute atomic E-state index is 0.0600. The van der Waals surface area contributed by atoms with Crippen molar-refractivity contribution in [3.8, 4) is 6.07 Å². The zero-order valence-corrected chi connectivity index (χ0v) is 19.0. The molecular weight excluding hydrogens is 428 g/mol. The predicted molar refractivity (Wildman–Crippen MR) is 126 cm³/mol. The summed E-state index contributed by atoms with van der Waals surface area (Å²) in [7, 11) is 0. The minimum atomic E-state index is -0.145. The highest BCUT2D eigenvalue weighted by molar-refractivity contribution is 5.94. The number of hydrogen-bond donors (Lipinski definition) is 2. The molecule has 2 fully saturated rings. The molecule has 1 aliphatic heterocycles. The molecule has 3 atom stereocenters. The van der Waals surface area contributed by atoms with Crippen LogP contribution in [0.2, 0.25) is 0 Å². The third-order valence-corrected chi connectivity index (χ3v) is 7.56. The summed E-state index contributed by atoms with van der Waals surface area (Å²) in [4.78, 5) is 24.1. The third-order valence-electron chi connectivity index (χ3n) is 7.56. The van der Waals surface area contributed by atoms with Crippen molar-refractivity contribution in [1.82, 2.24) is 25.1 Å². The maximum absolute atomic E-state index is 12.8. The fourth-order valence-electron chi connectivity index (χ4n) is 5.53. The van der Waals surface area contributed by atoms with E-state index >= 15 is 0 Å². The number of nitrogen functional groups attached to an aromatic ring is 1. The average molecular weight is 455 g/mol. The number of carbonyl (C=O) groups excluding carboxylic acids is 1. The molecule has 34 heavy (non-hydrogen) atoms. The molecule has 3 aromatic rings. The van der Waals surface area contributed by atoms with E-state index in [2.05, 4.69) is 32.4 Å². The van der Waals surface area contributed by atoms with E-state index in [4.69, 9.17) is 16.0 Å². The number of nitrogens with zero attached hydrogens (tertiary/aromatic N) is 6. The standard InChI is InChI=1S/C25H26N8O/c1-14-15(2-5-23(30-14)32-12-20-19(8-26)21(20)13-32)10-33-11-16(9-29-33)25(34)31-22-4-3-18-17(22)6-7-28-24(18)27/h2,5-7,9,11,19-22H,3-4,10,12-13H2,1H3,(H2,27,28)(H,31,34)/t19?,20?,21?,22-/m1/s1. The average Bonchev–Trinajstić information content (AvgIpc) is 3.27. The van der Waals surface area contributed by atoms with Gasteiger partial charge in [-0.15, -0.1) is 0 Å². The van der Waals surface area contributed by atoms with Crippen LogP contribution in [-0.2, 0) is 13.0 Å². The fourth-order valence-corrected chi connectivity index (χ4v) is 5.53. The van der Waals surface area contributed by atoms with Crippen molar-refractivity contribution in [2.45, 2.75) is 32.4 Å². The van der Waals surface area contributed by atoms with E-state index in [-0.39, 0.29) is 17.9 Å². The van der Waals surface area contributed by atoms with Crippen molar-refractivity contribution in [3.05, 3.63) is 64.7 Å².